The lowest BCUT2D eigenvalue weighted by atomic mass is 10.1. The number of amides is 1. The van der Waals surface area contributed by atoms with Gasteiger partial charge in [-0.25, -0.2) is 4.68 Å². The molecule has 6 heteroatoms. The van der Waals surface area contributed by atoms with Gasteiger partial charge in [-0.2, -0.15) is 5.10 Å². The fourth-order valence-corrected chi connectivity index (χ4v) is 1.72. The van der Waals surface area contributed by atoms with Crippen molar-refractivity contribution in [3.05, 3.63) is 47.2 Å². The van der Waals surface area contributed by atoms with E-state index in [-0.39, 0.29) is 12.5 Å². The number of aliphatic hydroxyl groups excluding tert-OH is 1. The van der Waals surface area contributed by atoms with Crippen LogP contribution in [0, 0.1) is 0 Å². The third-order valence-corrected chi connectivity index (χ3v) is 3.04. The van der Waals surface area contributed by atoms with E-state index in [0.717, 1.165) is 5.69 Å². The Morgan fingerprint density at radius 1 is 1.40 bits per heavy atom. The summed E-state index contributed by atoms with van der Waals surface area (Å²) in [7, 11) is 0. The molecule has 0 saturated carbocycles. The summed E-state index contributed by atoms with van der Waals surface area (Å²) >= 11 is 5.83. The lowest BCUT2D eigenvalue weighted by Gasteiger charge is -2.22. The number of hydrogen-bond donors (Lipinski definition) is 2. The van der Waals surface area contributed by atoms with Gasteiger partial charge >= 0.3 is 0 Å². The van der Waals surface area contributed by atoms with Gasteiger partial charge in [0, 0.05) is 11.2 Å². The molecule has 20 heavy (non-hydrogen) atoms. The van der Waals surface area contributed by atoms with Crippen LogP contribution in [0.4, 0.5) is 0 Å². The van der Waals surface area contributed by atoms with Crippen LogP contribution in [0.15, 0.2) is 36.7 Å². The summed E-state index contributed by atoms with van der Waals surface area (Å²) in [5, 5.41) is 16.7. The summed E-state index contributed by atoms with van der Waals surface area (Å²) in [5.41, 5.74) is 0.579. The minimum Gasteiger partial charge on any atom is -0.394 e. The zero-order valence-electron chi connectivity index (χ0n) is 11.3. The van der Waals surface area contributed by atoms with Crippen LogP contribution >= 0.6 is 11.6 Å². The number of benzene rings is 1. The highest BCUT2D eigenvalue weighted by Gasteiger charge is 2.20. The van der Waals surface area contributed by atoms with Gasteiger partial charge in [-0.05, 0) is 38.1 Å². The second-order valence-corrected chi connectivity index (χ2v) is 5.58. The van der Waals surface area contributed by atoms with Gasteiger partial charge < -0.3 is 10.4 Å². The molecule has 106 valence electrons. The fourth-order valence-electron chi connectivity index (χ4n) is 1.59. The molecule has 0 atom stereocenters. The second-order valence-electron chi connectivity index (χ2n) is 5.15. The number of carbonyl (C=O) groups is 1. The largest absolute Gasteiger partial charge is 0.394 e. The van der Waals surface area contributed by atoms with Crippen LogP contribution in [0.2, 0.25) is 5.02 Å². The number of halogens is 1. The predicted octanol–water partition coefficient (Wildman–Crippen LogP) is 2.03. The van der Waals surface area contributed by atoms with Crippen LogP contribution in [-0.2, 0) is 0 Å². The SMILES string of the molecule is CC(C)(CO)NC(=O)c1cnn(-c2ccc(Cl)cc2)c1. The van der Waals surface area contributed by atoms with Crippen LogP contribution in [0.25, 0.3) is 5.69 Å². The first kappa shape index (κ1) is 14.6. The molecule has 2 rings (SSSR count). The summed E-state index contributed by atoms with van der Waals surface area (Å²) in [6.07, 6.45) is 3.11. The average Bonchev–Trinajstić information content (AvgIpc) is 2.89. The zero-order valence-corrected chi connectivity index (χ0v) is 12.1. The van der Waals surface area contributed by atoms with Crippen molar-refractivity contribution in [3.63, 3.8) is 0 Å². The summed E-state index contributed by atoms with van der Waals surface area (Å²) in [6, 6.07) is 7.14. The van der Waals surface area contributed by atoms with Gasteiger partial charge in [-0.1, -0.05) is 11.6 Å². The van der Waals surface area contributed by atoms with E-state index >= 15 is 0 Å². The van der Waals surface area contributed by atoms with Crippen LogP contribution < -0.4 is 5.32 Å². The first-order valence-electron chi connectivity index (χ1n) is 6.15. The highest BCUT2D eigenvalue weighted by Crippen LogP contribution is 2.13. The Hall–Kier alpha value is -1.85. The summed E-state index contributed by atoms with van der Waals surface area (Å²) in [5.74, 6) is -0.274. The topological polar surface area (TPSA) is 67.2 Å². The number of nitrogens with one attached hydrogen (secondary N) is 1. The maximum atomic E-state index is 12.0. The molecular weight excluding hydrogens is 278 g/mol. The van der Waals surface area contributed by atoms with E-state index in [0.29, 0.717) is 10.6 Å². The molecule has 1 aromatic heterocycles. The Morgan fingerprint density at radius 2 is 2.05 bits per heavy atom. The standard InChI is InChI=1S/C14H16ClN3O2/c1-14(2,9-19)17-13(20)10-7-16-18(8-10)12-5-3-11(15)4-6-12/h3-8,19H,9H2,1-2H3,(H,17,20). The zero-order chi connectivity index (χ0) is 14.8. The Bertz CT molecular complexity index is 605. The quantitative estimate of drug-likeness (QED) is 0.906. The third kappa shape index (κ3) is 3.37. The molecule has 0 spiro atoms. The molecule has 0 bridgehead atoms. The molecule has 0 fully saturated rings. The minimum absolute atomic E-state index is 0.135. The Balaban J connectivity index is 2.17. The van der Waals surface area contributed by atoms with Gasteiger partial charge in [-0.15, -0.1) is 0 Å². The number of aromatic nitrogens is 2. The van der Waals surface area contributed by atoms with E-state index in [2.05, 4.69) is 10.4 Å². The van der Waals surface area contributed by atoms with Crippen LogP contribution in [0.1, 0.15) is 24.2 Å². The van der Waals surface area contributed by atoms with Crippen molar-refractivity contribution in [2.24, 2.45) is 0 Å². The Kier molecular flexibility index (Phi) is 4.11. The van der Waals surface area contributed by atoms with E-state index < -0.39 is 5.54 Å². The van der Waals surface area contributed by atoms with Crippen LogP contribution in [-0.4, -0.2) is 32.9 Å². The normalized spacial score (nSPS) is 11.4. The number of aliphatic hydroxyl groups is 1. The van der Waals surface area contributed by atoms with Gasteiger partial charge in [0.2, 0.25) is 0 Å². The molecule has 1 amide bonds. The monoisotopic (exact) mass is 293 g/mol. The maximum Gasteiger partial charge on any atom is 0.254 e. The Labute approximate surface area is 122 Å². The number of hydrogen-bond acceptors (Lipinski definition) is 3. The number of carbonyl (C=O) groups excluding carboxylic acids is 1. The molecular formula is C14H16ClN3O2. The fraction of sp³-hybridized carbons (Fsp3) is 0.286. The summed E-state index contributed by atoms with van der Waals surface area (Å²) in [4.78, 5) is 12.0. The molecule has 1 aromatic carbocycles. The van der Waals surface area contributed by atoms with Gasteiger partial charge in [0.15, 0.2) is 0 Å². The molecule has 0 aliphatic carbocycles. The molecule has 2 N–H and O–H groups in total. The van der Waals surface area contributed by atoms with Crippen molar-refractivity contribution in [3.8, 4) is 5.69 Å². The lowest BCUT2D eigenvalue weighted by molar-refractivity contribution is 0.0869. The molecule has 0 radical (unpaired) electrons. The molecule has 0 unspecified atom stereocenters. The van der Waals surface area contributed by atoms with Gasteiger partial charge in [0.25, 0.3) is 5.91 Å². The molecule has 1 heterocycles. The highest BCUT2D eigenvalue weighted by molar-refractivity contribution is 6.30. The predicted molar refractivity (Wildman–Crippen MR) is 77.2 cm³/mol. The number of nitrogens with zero attached hydrogens (tertiary/aromatic N) is 2. The molecule has 2 aromatic rings. The first-order chi connectivity index (χ1) is 9.41. The van der Waals surface area contributed by atoms with E-state index in [1.54, 1.807) is 36.9 Å². The first-order valence-corrected chi connectivity index (χ1v) is 6.53. The van der Waals surface area contributed by atoms with E-state index in [1.165, 1.54) is 6.20 Å². The van der Waals surface area contributed by atoms with Crippen molar-refractivity contribution in [2.45, 2.75) is 19.4 Å². The number of rotatable bonds is 4. The molecule has 5 nitrogen and oxygen atoms in total. The molecule has 0 aliphatic rings. The summed E-state index contributed by atoms with van der Waals surface area (Å²) in [6.45, 7) is 3.35. The van der Waals surface area contributed by atoms with Crippen molar-refractivity contribution < 1.29 is 9.90 Å². The average molecular weight is 294 g/mol. The summed E-state index contributed by atoms with van der Waals surface area (Å²) < 4.78 is 1.59. The molecule has 0 saturated heterocycles. The van der Waals surface area contributed by atoms with Gasteiger partial charge in [0.05, 0.1) is 29.6 Å². The van der Waals surface area contributed by atoms with Crippen molar-refractivity contribution >= 4 is 17.5 Å². The van der Waals surface area contributed by atoms with Gasteiger partial charge in [0.1, 0.15) is 0 Å². The van der Waals surface area contributed by atoms with Crippen LogP contribution in [0.5, 0.6) is 0 Å². The van der Waals surface area contributed by atoms with Crippen molar-refractivity contribution in [2.75, 3.05) is 6.61 Å². The van der Waals surface area contributed by atoms with E-state index in [9.17, 15) is 4.79 Å². The third-order valence-electron chi connectivity index (χ3n) is 2.78. The van der Waals surface area contributed by atoms with Crippen molar-refractivity contribution in [1.82, 2.24) is 15.1 Å². The van der Waals surface area contributed by atoms with Crippen LogP contribution in [0.3, 0.4) is 0 Å². The lowest BCUT2D eigenvalue weighted by Crippen LogP contribution is -2.46. The van der Waals surface area contributed by atoms with Crippen molar-refractivity contribution in [1.29, 1.82) is 0 Å². The Morgan fingerprint density at radius 3 is 2.65 bits per heavy atom. The van der Waals surface area contributed by atoms with E-state index in [4.69, 9.17) is 16.7 Å². The van der Waals surface area contributed by atoms with E-state index in [1.807, 2.05) is 12.1 Å². The molecule has 0 aliphatic heterocycles. The highest BCUT2D eigenvalue weighted by atomic mass is 35.5. The van der Waals surface area contributed by atoms with Gasteiger partial charge in [-0.3, -0.25) is 4.79 Å². The second kappa shape index (κ2) is 5.64. The smallest absolute Gasteiger partial charge is 0.254 e. The minimum atomic E-state index is -0.667. The maximum absolute atomic E-state index is 12.0.